The van der Waals surface area contributed by atoms with Gasteiger partial charge in [0.05, 0.1) is 5.54 Å². The van der Waals surface area contributed by atoms with Gasteiger partial charge in [0.15, 0.2) is 0 Å². The van der Waals surface area contributed by atoms with Crippen molar-refractivity contribution < 1.29 is 9.18 Å². The molecule has 0 heterocycles. The van der Waals surface area contributed by atoms with Gasteiger partial charge in [0, 0.05) is 29.7 Å². The van der Waals surface area contributed by atoms with Gasteiger partial charge in [-0.05, 0) is 85.0 Å². The van der Waals surface area contributed by atoms with Crippen molar-refractivity contribution in [2.45, 2.75) is 59.4 Å². The smallest absolute Gasteiger partial charge is 0.315 e. The Labute approximate surface area is 226 Å². The maximum Gasteiger partial charge on any atom is 0.315 e. The van der Waals surface area contributed by atoms with Crippen molar-refractivity contribution in [3.63, 3.8) is 0 Å². The fourth-order valence-electron chi connectivity index (χ4n) is 4.78. The Balaban J connectivity index is 1.77. The number of rotatable bonds is 11. The number of nitrogens with one attached hydrogen (secondary N) is 4. The first-order chi connectivity index (χ1) is 17.9. The molecule has 3 aromatic carbocycles. The van der Waals surface area contributed by atoms with Gasteiger partial charge in [-0.25, -0.2) is 9.18 Å². The summed E-state index contributed by atoms with van der Waals surface area (Å²) < 4.78 is 13.3. The SMILES string of the molecule is CC(C)CC(c1ccc(Nc2ccc(F)cc2)c(C=N)c1)C(C)(C)CNC(=O)NC(C)(C)c1ccccc1. The minimum absolute atomic E-state index is 0.156. The molecule has 6 heteroatoms. The van der Waals surface area contributed by atoms with Crippen LogP contribution in [-0.4, -0.2) is 18.8 Å². The van der Waals surface area contributed by atoms with Crippen LogP contribution in [0.4, 0.5) is 20.6 Å². The minimum atomic E-state index is -0.501. The highest BCUT2D eigenvalue weighted by atomic mass is 19.1. The van der Waals surface area contributed by atoms with Gasteiger partial charge in [-0.3, -0.25) is 0 Å². The summed E-state index contributed by atoms with van der Waals surface area (Å²) >= 11 is 0. The molecule has 1 atom stereocenters. The standard InChI is InChI=1S/C32H41FN4O/c1-22(2)18-28(23-12-17-29(24(19-23)20-34)36-27-15-13-26(33)14-16-27)31(3,4)21-35-30(38)37-32(5,6)25-10-8-7-9-11-25/h7-17,19-20,22,28,34,36H,18,21H2,1-6H3,(H2,35,37,38). The predicted molar refractivity (Wildman–Crippen MR) is 156 cm³/mol. The van der Waals surface area contributed by atoms with Crippen molar-refractivity contribution in [1.29, 1.82) is 5.41 Å². The molecule has 0 radical (unpaired) electrons. The van der Waals surface area contributed by atoms with Gasteiger partial charge >= 0.3 is 6.03 Å². The van der Waals surface area contributed by atoms with E-state index in [0.29, 0.717) is 12.5 Å². The summed E-state index contributed by atoms with van der Waals surface area (Å²) in [4.78, 5) is 12.9. The Hall–Kier alpha value is -3.67. The van der Waals surface area contributed by atoms with Crippen LogP contribution in [0.3, 0.4) is 0 Å². The summed E-state index contributed by atoms with van der Waals surface area (Å²) in [5.41, 5.74) is 3.72. The van der Waals surface area contributed by atoms with Gasteiger partial charge in [0.2, 0.25) is 0 Å². The maximum absolute atomic E-state index is 13.3. The lowest BCUT2D eigenvalue weighted by Crippen LogP contribution is -2.49. The zero-order valence-corrected chi connectivity index (χ0v) is 23.4. The van der Waals surface area contributed by atoms with E-state index in [1.165, 1.54) is 18.3 Å². The number of benzene rings is 3. The molecular weight excluding hydrogens is 475 g/mol. The number of anilines is 2. The summed E-state index contributed by atoms with van der Waals surface area (Å²) in [7, 11) is 0. The summed E-state index contributed by atoms with van der Waals surface area (Å²) in [6.07, 6.45) is 2.28. The molecule has 1 unspecified atom stereocenters. The first-order valence-corrected chi connectivity index (χ1v) is 13.2. The monoisotopic (exact) mass is 516 g/mol. The van der Waals surface area contributed by atoms with Gasteiger partial charge in [-0.2, -0.15) is 0 Å². The zero-order valence-electron chi connectivity index (χ0n) is 23.4. The second kappa shape index (κ2) is 12.2. The van der Waals surface area contributed by atoms with Crippen LogP contribution < -0.4 is 16.0 Å². The Bertz CT molecular complexity index is 1220. The van der Waals surface area contributed by atoms with Crippen molar-refractivity contribution in [2.75, 3.05) is 11.9 Å². The van der Waals surface area contributed by atoms with Crippen LogP contribution in [0.5, 0.6) is 0 Å². The molecule has 202 valence electrons. The maximum atomic E-state index is 13.3. The van der Waals surface area contributed by atoms with E-state index in [1.54, 1.807) is 12.1 Å². The van der Waals surface area contributed by atoms with E-state index >= 15 is 0 Å². The molecule has 0 saturated carbocycles. The third kappa shape index (κ3) is 7.67. The number of halogens is 1. The van der Waals surface area contributed by atoms with Crippen LogP contribution in [0.2, 0.25) is 0 Å². The van der Waals surface area contributed by atoms with E-state index < -0.39 is 5.54 Å². The van der Waals surface area contributed by atoms with Crippen LogP contribution >= 0.6 is 0 Å². The van der Waals surface area contributed by atoms with Gasteiger partial charge in [0.25, 0.3) is 0 Å². The molecule has 0 aliphatic rings. The largest absolute Gasteiger partial charge is 0.355 e. The Morgan fingerprint density at radius 1 is 0.974 bits per heavy atom. The second-order valence-electron chi connectivity index (χ2n) is 11.6. The molecule has 0 bridgehead atoms. The van der Waals surface area contributed by atoms with E-state index in [2.05, 4.69) is 49.7 Å². The molecular formula is C32H41FN4O. The van der Waals surface area contributed by atoms with Crippen molar-refractivity contribution >= 4 is 23.6 Å². The van der Waals surface area contributed by atoms with Crippen LogP contribution in [0.1, 0.15) is 70.6 Å². The Morgan fingerprint density at radius 2 is 1.63 bits per heavy atom. The van der Waals surface area contributed by atoms with E-state index in [4.69, 9.17) is 5.41 Å². The number of hydrogen-bond donors (Lipinski definition) is 4. The lowest BCUT2D eigenvalue weighted by molar-refractivity contribution is 0.210. The lowest BCUT2D eigenvalue weighted by Gasteiger charge is -2.37. The summed E-state index contributed by atoms with van der Waals surface area (Å²) in [5.74, 6) is 0.317. The number of amides is 2. The molecule has 3 rings (SSSR count). The minimum Gasteiger partial charge on any atom is -0.355 e. The van der Waals surface area contributed by atoms with E-state index in [1.807, 2.05) is 56.3 Å². The average molecular weight is 517 g/mol. The highest BCUT2D eigenvalue weighted by Crippen LogP contribution is 2.41. The lowest BCUT2D eigenvalue weighted by atomic mass is 9.71. The first kappa shape index (κ1) is 28.9. The Morgan fingerprint density at radius 3 is 2.24 bits per heavy atom. The summed E-state index contributed by atoms with van der Waals surface area (Å²) in [6.45, 7) is 13.2. The topological polar surface area (TPSA) is 77.0 Å². The molecule has 5 nitrogen and oxygen atoms in total. The molecule has 4 N–H and O–H groups in total. The third-order valence-electron chi connectivity index (χ3n) is 7.03. The molecule has 0 aromatic heterocycles. The molecule has 2 amide bonds. The van der Waals surface area contributed by atoms with Gasteiger partial charge in [-0.15, -0.1) is 0 Å². The molecule has 0 aliphatic carbocycles. The van der Waals surface area contributed by atoms with Crippen LogP contribution in [0.25, 0.3) is 0 Å². The molecule has 0 saturated heterocycles. The quantitative estimate of drug-likeness (QED) is 0.195. The van der Waals surface area contributed by atoms with Gasteiger partial charge in [-0.1, -0.05) is 64.1 Å². The molecule has 0 fully saturated rings. The van der Waals surface area contributed by atoms with Crippen molar-refractivity contribution in [3.8, 4) is 0 Å². The predicted octanol–water partition coefficient (Wildman–Crippen LogP) is 7.96. The Kier molecular flexibility index (Phi) is 9.31. The van der Waals surface area contributed by atoms with Gasteiger partial charge in [0.1, 0.15) is 5.82 Å². The van der Waals surface area contributed by atoms with Crippen molar-refractivity contribution in [3.05, 3.63) is 95.3 Å². The molecule has 38 heavy (non-hydrogen) atoms. The highest BCUT2D eigenvalue weighted by Gasteiger charge is 2.33. The first-order valence-electron chi connectivity index (χ1n) is 13.2. The molecule has 0 aliphatic heterocycles. The second-order valence-corrected chi connectivity index (χ2v) is 11.6. The number of hydrogen-bond acceptors (Lipinski definition) is 3. The molecule has 0 spiro atoms. The van der Waals surface area contributed by atoms with Crippen LogP contribution in [-0.2, 0) is 5.54 Å². The fourth-order valence-corrected chi connectivity index (χ4v) is 4.78. The van der Waals surface area contributed by atoms with Crippen LogP contribution in [0.15, 0.2) is 72.8 Å². The number of carbonyl (C=O) groups is 1. The highest BCUT2D eigenvalue weighted by molar-refractivity contribution is 5.87. The third-order valence-corrected chi connectivity index (χ3v) is 7.03. The van der Waals surface area contributed by atoms with Crippen molar-refractivity contribution in [2.24, 2.45) is 11.3 Å². The molecule has 3 aromatic rings. The van der Waals surface area contributed by atoms with Crippen LogP contribution in [0, 0.1) is 22.6 Å². The summed E-state index contributed by atoms with van der Waals surface area (Å²) in [6, 6.07) is 22.0. The van der Waals surface area contributed by atoms with E-state index in [-0.39, 0.29) is 23.2 Å². The average Bonchev–Trinajstić information content (AvgIpc) is 2.88. The fraction of sp³-hybridized carbons (Fsp3) is 0.375. The zero-order chi connectivity index (χ0) is 27.9. The number of carbonyl (C=O) groups excluding carboxylic acids is 1. The normalized spacial score (nSPS) is 12.6. The van der Waals surface area contributed by atoms with Gasteiger partial charge < -0.3 is 21.4 Å². The van der Waals surface area contributed by atoms with Crippen molar-refractivity contribution in [1.82, 2.24) is 10.6 Å². The number of urea groups is 1. The van der Waals surface area contributed by atoms with E-state index in [9.17, 15) is 9.18 Å². The summed E-state index contributed by atoms with van der Waals surface area (Å²) in [5, 5.41) is 17.5. The van der Waals surface area contributed by atoms with E-state index in [0.717, 1.165) is 34.5 Å².